The number of phosphoric ester groups is 1. The minimum Gasteiger partial charge on any atom is -0.756 e. The number of esters is 2. The fourth-order valence-corrected chi connectivity index (χ4v) is 8.17. The summed E-state index contributed by atoms with van der Waals surface area (Å²) in [6, 6.07) is 0. The van der Waals surface area contributed by atoms with Crippen LogP contribution in [-0.2, 0) is 32.7 Å². The second-order valence-corrected chi connectivity index (χ2v) is 21.3. The molecule has 10 heteroatoms. The van der Waals surface area contributed by atoms with E-state index >= 15 is 0 Å². The minimum atomic E-state index is -4.65. The molecule has 9 nitrogen and oxygen atoms in total. The van der Waals surface area contributed by atoms with Gasteiger partial charge in [0.25, 0.3) is 7.82 Å². The van der Waals surface area contributed by atoms with E-state index in [0.717, 1.165) is 89.9 Å². The normalized spacial score (nSPS) is 14.1. The maximum absolute atomic E-state index is 12.8. The fourth-order valence-electron chi connectivity index (χ4n) is 7.44. The third kappa shape index (κ3) is 56.0. The number of likely N-dealkylation sites (N-methyl/N-ethyl adjacent to an activating group) is 1. The minimum absolute atomic E-state index is 0.0417. The van der Waals surface area contributed by atoms with Crippen molar-refractivity contribution >= 4 is 19.8 Å². The highest BCUT2D eigenvalue weighted by Gasteiger charge is 2.21. The number of ether oxygens (including phenoxy) is 2. The van der Waals surface area contributed by atoms with E-state index in [4.69, 9.17) is 18.5 Å². The van der Waals surface area contributed by atoms with E-state index in [1.54, 1.807) is 0 Å². The van der Waals surface area contributed by atoms with E-state index in [0.29, 0.717) is 23.9 Å². The zero-order valence-electron chi connectivity index (χ0n) is 46.6. The van der Waals surface area contributed by atoms with Crippen molar-refractivity contribution in [2.24, 2.45) is 0 Å². The Morgan fingerprint density at radius 2 is 0.750 bits per heavy atom. The van der Waals surface area contributed by atoms with Crippen molar-refractivity contribution in [3.8, 4) is 0 Å². The molecule has 0 aromatic rings. The molecular formula is C62H106NO8P. The first-order chi connectivity index (χ1) is 35.0. The van der Waals surface area contributed by atoms with Gasteiger partial charge in [0.15, 0.2) is 6.10 Å². The summed E-state index contributed by atoms with van der Waals surface area (Å²) in [5, 5.41) is 0. The molecule has 0 saturated heterocycles. The first-order valence-electron chi connectivity index (χ1n) is 28.6. The Labute approximate surface area is 442 Å². The SMILES string of the molecule is CC/C=C\C/C=C\C/C=C\C/C=C\C/C=C\CCCCCCCCCCCCCCCCCCCC(=O)OC(COC(=O)CCCC/C=C\C/C=C\C/C=C\C/C=C\CC)COP(=O)([O-])OCC[N+](C)(C)C. The molecule has 0 rings (SSSR count). The third-order valence-corrected chi connectivity index (χ3v) is 12.8. The van der Waals surface area contributed by atoms with Crippen molar-refractivity contribution in [1.29, 1.82) is 0 Å². The van der Waals surface area contributed by atoms with Gasteiger partial charge in [0.2, 0.25) is 0 Å². The average molecular weight is 1020 g/mol. The maximum atomic E-state index is 12.8. The molecule has 0 radical (unpaired) electrons. The van der Waals surface area contributed by atoms with Gasteiger partial charge in [0.05, 0.1) is 27.7 Å². The molecule has 0 N–H and O–H groups in total. The largest absolute Gasteiger partial charge is 0.756 e. The summed E-state index contributed by atoms with van der Waals surface area (Å²) < 4.78 is 34.0. The van der Waals surface area contributed by atoms with Crippen molar-refractivity contribution in [3.63, 3.8) is 0 Å². The predicted molar refractivity (Wildman–Crippen MR) is 305 cm³/mol. The number of unbranched alkanes of at least 4 members (excludes halogenated alkanes) is 19. The molecule has 2 unspecified atom stereocenters. The van der Waals surface area contributed by atoms with Crippen molar-refractivity contribution in [2.45, 2.75) is 225 Å². The Bertz CT molecular complexity index is 1580. The monoisotopic (exact) mass is 1020 g/mol. The highest BCUT2D eigenvalue weighted by molar-refractivity contribution is 7.45. The summed E-state index contributed by atoms with van der Waals surface area (Å²) >= 11 is 0. The van der Waals surface area contributed by atoms with Crippen molar-refractivity contribution < 1.29 is 42.1 Å². The van der Waals surface area contributed by atoms with Crippen LogP contribution in [0.3, 0.4) is 0 Å². The Balaban J connectivity index is 4.10. The maximum Gasteiger partial charge on any atom is 0.306 e. The van der Waals surface area contributed by atoms with Crippen LogP contribution in [0, 0.1) is 0 Å². The van der Waals surface area contributed by atoms with Gasteiger partial charge in [-0.05, 0) is 96.3 Å². The quantitative estimate of drug-likeness (QED) is 0.0195. The predicted octanol–water partition coefficient (Wildman–Crippen LogP) is 17.2. The van der Waals surface area contributed by atoms with Gasteiger partial charge in [-0.2, -0.15) is 0 Å². The van der Waals surface area contributed by atoms with Gasteiger partial charge in [-0.3, -0.25) is 14.2 Å². The van der Waals surface area contributed by atoms with Crippen LogP contribution in [0.25, 0.3) is 0 Å². The summed E-state index contributed by atoms with van der Waals surface area (Å²) in [6.45, 7) is 3.95. The zero-order valence-corrected chi connectivity index (χ0v) is 47.5. The lowest BCUT2D eigenvalue weighted by Gasteiger charge is -2.28. The lowest BCUT2D eigenvalue weighted by Crippen LogP contribution is -2.37. The molecule has 0 aromatic carbocycles. The first kappa shape index (κ1) is 68.7. The van der Waals surface area contributed by atoms with Crippen molar-refractivity contribution in [1.82, 2.24) is 0 Å². The van der Waals surface area contributed by atoms with Crippen LogP contribution in [0.4, 0.5) is 0 Å². The number of carbonyl (C=O) groups is 2. The van der Waals surface area contributed by atoms with Crippen LogP contribution in [0.1, 0.15) is 219 Å². The van der Waals surface area contributed by atoms with Crippen molar-refractivity contribution in [2.75, 3.05) is 47.5 Å². The number of phosphoric acid groups is 1. The van der Waals surface area contributed by atoms with Gasteiger partial charge in [0, 0.05) is 12.8 Å². The van der Waals surface area contributed by atoms with Crippen LogP contribution < -0.4 is 4.89 Å². The molecule has 2 atom stereocenters. The molecule has 0 aliphatic carbocycles. The topological polar surface area (TPSA) is 111 Å². The summed E-state index contributed by atoms with van der Waals surface area (Å²) in [5.74, 6) is -0.885. The Kier molecular flexibility index (Phi) is 50.1. The zero-order chi connectivity index (χ0) is 52.7. The number of carbonyl (C=O) groups excluding carboxylic acids is 2. The fraction of sp³-hybridized carbons (Fsp3) is 0.677. The van der Waals surface area contributed by atoms with E-state index in [2.05, 4.69) is 123 Å². The van der Waals surface area contributed by atoms with Gasteiger partial charge in [-0.25, -0.2) is 0 Å². The van der Waals surface area contributed by atoms with E-state index < -0.39 is 32.5 Å². The van der Waals surface area contributed by atoms with Gasteiger partial charge in [-0.1, -0.05) is 220 Å². The molecule has 0 fully saturated rings. The van der Waals surface area contributed by atoms with E-state index in [9.17, 15) is 19.0 Å². The molecule has 412 valence electrons. The molecule has 0 spiro atoms. The summed E-state index contributed by atoms with van der Waals surface area (Å²) in [4.78, 5) is 37.8. The van der Waals surface area contributed by atoms with E-state index in [-0.39, 0.29) is 26.1 Å². The number of rotatable bonds is 51. The molecule has 0 bridgehead atoms. The molecule has 72 heavy (non-hydrogen) atoms. The second kappa shape index (κ2) is 52.5. The van der Waals surface area contributed by atoms with Crippen LogP contribution >= 0.6 is 7.82 Å². The standard InChI is InChI=1S/C62H106NO8P/c1-6-8-10-12-14-16-18-20-22-23-24-25-26-27-28-29-30-31-32-33-34-35-36-37-38-39-41-43-45-47-49-51-53-55-62(65)71-60(59-70-72(66,67)69-57-56-63(3,4)5)58-68-61(64)54-52-50-48-46-44-42-40-21-19-17-15-13-11-9-7-2/h8-11,14-17,20-22,24-25,27-28,40,44,46,60H,6-7,12-13,18-19,23,26,29-39,41-43,45,47-59H2,1-5H3/b10-8-,11-9-,16-14-,17-15-,22-20-,25-24-,28-27-,40-21-,46-44-. The van der Waals surface area contributed by atoms with Gasteiger partial charge in [-0.15, -0.1) is 0 Å². The van der Waals surface area contributed by atoms with Crippen LogP contribution in [-0.4, -0.2) is 70.0 Å². The van der Waals surface area contributed by atoms with Gasteiger partial charge < -0.3 is 27.9 Å². The molecular weight excluding hydrogens is 918 g/mol. The number of hydrogen-bond donors (Lipinski definition) is 0. The molecule has 0 aromatic heterocycles. The number of allylic oxidation sites excluding steroid dienone is 18. The van der Waals surface area contributed by atoms with Crippen LogP contribution in [0.5, 0.6) is 0 Å². The molecule has 0 saturated carbocycles. The molecule has 0 aliphatic rings. The lowest BCUT2D eigenvalue weighted by molar-refractivity contribution is -0.870. The van der Waals surface area contributed by atoms with Gasteiger partial charge >= 0.3 is 11.9 Å². The molecule has 0 heterocycles. The Morgan fingerprint density at radius 3 is 1.14 bits per heavy atom. The highest BCUT2D eigenvalue weighted by atomic mass is 31.2. The highest BCUT2D eigenvalue weighted by Crippen LogP contribution is 2.38. The molecule has 0 amide bonds. The van der Waals surface area contributed by atoms with Crippen molar-refractivity contribution in [3.05, 3.63) is 109 Å². The first-order valence-corrected chi connectivity index (χ1v) is 30.1. The second-order valence-electron chi connectivity index (χ2n) is 19.9. The summed E-state index contributed by atoms with van der Waals surface area (Å²) in [6.07, 6.45) is 73.0. The third-order valence-electron chi connectivity index (χ3n) is 11.8. The van der Waals surface area contributed by atoms with E-state index in [1.807, 2.05) is 21.1 Å². The Hall–Kier alpha value is -3.33. The average Bonchev–Trinajstić information content (AvgIpc) is 3.34. The lowest BCUT2D eigenvalue weighted by atomic mass is 10.0. The Morgan fingerprint density at radius 1 is 0.431 bits per heavy atom. The van der Waals surface area contributed by atoms with E-state index in [1.165, 1.54) is 89.9 Å². The summed E-state index contributed by atoms with van der Waals surface area (Å²) in [5.41, 5.74) is 0. The number of hydrogen-bond acceptors (Lipinski definition) is 8. The van der Waals surface area contributed by atoms with Crippen LogP contribution in [0.15, 0.2) is 109 Å². The summed E-state index contributed by atoms with van der Waals surface area (Å²) in [7, 11) is 1.13. The van der Waals surface area contributed by atoms with Gasteiger partial charge in [0.1, 0.15) is 19.8 Å². The molecule has 0 aliphatic heterocycles. The number of quaternary nitrogens is 1. The smallest absolute Gasteiger partial charge is 0.306 e. The van der Waals surface area contributed by atoms with Crippen LogP contribution in [0.2, 0.25) is 0 Å². The number of nitrogens with zero attached hydrogens (tertiary/aromatic N) is 1.